The maximum atomic E-state index is 12.1. The second-order valence-corrected chi connectivity index (χ2v) is 5.88. The van der Waals surface area contributed by atoms with Crippen molar-refractivity contribution in [1.82, 2.24) is 5.32 Å². The van der Waals surface area contributed by atoms with E-state index < -0.39 is 10.9 Å². The molecule has 0 heterocycles. The molecule has 8 nitrogen and oxygen atoms in total. The summed E-state index contributed by atoms with van der Waals surface area (Å²) in [6.07, 6.45) is 2.23. The number of aliphatic carboxylic acids is 1. The van der Waals surface area contributed by atoms with Gasteiger partial charge in [-0.05, 0) is 31.7 Å². The minimum absolute atomic E-state index is 0.00387. The van der Waals surface area contributed by atoms with Crippen molar-refractivity contribution in [1.29, 1.82) is 0 Å². The Morgan fingerprint density at radius 1 is 1.12 bits per heavy atom. The fourth-order valence-corrected chi connectivity index (χ4v) is 2.91. The molecule has 3 N–H and O–H groups in total. The molecule has 0 aromatic heterocycles. The Bertz CT molecular complexity index is 611. The first-order chi connectivity index (χ1) is 11.5. The zero-order chi connectivity index (χ0) is 17.5. The van der Waals surface area contributed by atoms with Crippen molar-refractivity contribution in [3.63, 3.8) is 0 Å². The van der Waals surface area contributed by atoms with Crippen molar-refractivity contribution in [3.05, 3.63) is 34.4 Å². The minimum Gasteiger partial charge on any atom is -0.481 e. The van der Waals surface area contributed by atoms with Crippen molar-refractivity contribution in [2.45, 2.75) is 25.7 Å². The van der Waals surface area contributed by atoms with Crippen molar-refractivity contribution in [2.75, 3.05) is 18.4 Å². The van der Waals surface area contributed by atoms with E-state index in [-0.39, 0.29) is 23.4 Å². The van der Waals surface area contributed by atoms with E-state index in [9.17, 15) is 19.7 Å². The molecule has 1 aliphatic rings. The number of amides is 1. The van der Waals surface area contributed by atoms with Gasteiger partial charge in [0.25, 0.3) is 5.69 Å². The van der Waals surface area contributed by atoms with Gasteiger partial charge in [0.15, 0.2) is 0 Å². The van der Waals surface area contributed by atoms with Crippen LogP contribution in [0.4, 0.5) is 11.4 Å². The average molecular weight is 335 g/mol. The fourth-order valence-electron chi connectivity index (χ4n) is 2.91. The number of nitro benzene ring substituents is 1. The Kier molecular flexibility index (Phi) is 6.11. The fraction of sp³-hybridized carbons (Fsp3) is 0.500. The predicted octanol–water partition coefficient (Wildman–Crippen LogP) is 2.01. The highest BCUT2D eigenvalue weighted by molar-refractivity contribution is 5.79. The molecule has 0 atom stereocenters. The molecule has 0 saturated heterocycles. The van der Waals surface area contributed by atoms with Gasteiger partial charge in [0, 0.05) is 25.1 Å². The highest BCUT2D eigenvalue weighted by Crippen LogP contribution is 2.29. The normalized spacial score (nSPS) is 20.2. The molecular weight excluding hydrogens is 314 g/mol. The van der Waals surface area contributed by atoms with Crippen LogP contribution < -0.4 is 10.6 Å². The van der Waals surface area contributed by atoms with Crippen LogP contribution in [0.25, 0.3) is 0 Å². The van der Waals surface area contributed by atoms with Crippen LogP contribution in [-0.4, -0.2) is 35.0 Å². The van der Waals surface area contributed by atoms with E-state index in [2.05, 4.69) is 10.6 Å². The molecule has 0 aliphatic heterocycles. The van der Waals surface area contributed by atoms with Crippen LogP contribution in [0.1, 0.15) is 25.7 Å². The largest absolute Gasteiger partial charge is 0.481 e. The summed E-state index contributed by atoms with van der Waals surface area (Å²) in [6, 6.07) is 6.34. The van der Waals surface area contributed by atoms with Crippen LogP contribution >= 0.6 is 0 Å². The van der Waals surface area contributed by atoms with Crippen LogP contribution in [0.2, 0.25) is 0 Å². The molecule has 1 aliphatic carbocycles. The summed E-state index contributed by atoms with van der Waals surface area (Å²) in [6.45, 7) is 0.727. The Morgan fingerprint density at radius 3 is 2.38 bits per heavy atom. The third-order valence-corrected chi connectivity index (χ3v) is 4.29. The van der Waals surface area contributed by atoms with Crippen molar-refractivity contribution < 1.29 is 19.6 Å². The third kappa shape index (κ3) is 4.68. The number of hydrogen-bond acceptors (Lipinski definition) is 5. The number of hydrogen-bond donors (Lipinski definition) is 3. The lowest BCUT2D eigenvalue weighted by atomic mass is 9.81. The number of rotatable bonds is 7. The molecular formula is C16H21N3O5. The number of anilines is 1. The van der Waals surface area contributed by atoms with E-state index in [4.69, 9.17) is 5.11 Å². The Labute approximate surface area is 139 Å². The van der Waals surface area contributed by atoms with Gasteiger partial charge in [-0.15, -0.1) is 0 Å². The summed E-state index contributed by atoms with van der Waals surface area (Å²) in [5.74, 6) is -1.35. The van der Waals surface area contributed by atoms with Gasteiger partial charge in [0.2, 0.25) is 5.91 Å². The number of carboxylic acids is 1. The molecule has 1 amide bonds. The van der Waals surface area contributed by atoms with E-state index in [1.807, 2.05) is 0 Å². The van der Waals surface area contributed by atoms with Crippen LogP contribution in [0, 0.1) is 22.0 Å². The van der Waals surface area contributed by atoms with Crippen LogP contribution in [-0.2, 0) is 9.59 Å². The van der Waals surface area contributed by atoms with E-state index in [0.717, 1.165) is 0 Å². The number of benzene rings is 1. The van der Waals surface area contributed by atoms with Crippen molar-refractivity contribution in [2.24, 2.45) is 11.8 Å². The lowest BCUT2D eigenvalue weighted by molar-refractivity contribution is -0.384. The van der Waals surface area contributed by atoms with Crippen molar-refractivity contribution >= 4 is 23.3 Å². The van der Waals surface area contributed by atoms with E-state index in [1.165, 1.54) is 6.07 Å². The molecule has 1 fully saturated rings. The molecule has 1 aromatic rings. The average Bonchev–Trinajstić information content (AvgIpc) is 2.58. The Morgan fingerprint density at radius 2 is 1.75 bits per heavy atom. The van der Waals surface area contributed by atoms with E-state index in [0.29, 0.717) is 44.5 Å². The second-order valence-electron chi connectivity index (χ2n) is 5.88. The van der Waals surface area contributed by atoms with Gasteiger partial charge < -0.3 is 15.7 Å². The number of nitrogens with one attached hydrogen (secondary N) is 2. The molecule has 0 bridgehead atoms. The lowest BCUT2D eigenvalue weighted by Gasteiger charge is -2.25. The molecule has 130 valence electrons. The predicted molar refractivity (Wildman–Crippen MR) is 87.7 cm³/mol. The van der Waals surface area contributed by atoms with Crippen LogP contribution in [0.5, 0.6) is 0 Å². The minimum atomic E-state index is -0.789. The van der Waals surface area contributed by atoms with Gasteiger partial charge in [-0.1, -0.05) is 12.1 Å². The second kappa shape index (κ2) is 8.28. The molecule has 1 aromatic carbocycles. The van der Waals surface area contributed by atoms with Gasteiger partial charge in [0.1, 0.15) is 5.69 Å². The Hall–Kier alpha value is -2.64. The summed E-state index contributed by atoms with van der Waals surface area (Å²) < 4.78 is 0. The van der Waals surface area contributed by atoms with Gasteiger partial charge in [-0.25, -0.2) is 0 Å². The molecule has 1 saturated carbocycles. The quantitative estimate of drug-likeness (QED) is 0.398. The number of nitrogens with zero attached hydrogens (tertiary/aromatic N) is 1. The van der Waals surface area contributed by atoms with Crippen LogP contribution in [0.3, 0.4) is 0 Å². The third-order valence-electron chi connectivity index (χ3n) is 4.29. The highest BCUT2D eigenvalue weighted by Gasteiger charge is 2.29. The topological polar surface area (TPSA) is 122 Å². The SMILES string of the molecule is O=C(O)C1CCC(C(=O)NCCNc2ccccc2[N+](=O)[O-])CC1. The standard InChI is InChI=1S/C16H21N3O5/c20-15(11-5-7-12(8-6-11)16(21)22)18-10-9-17-13-3-1-2-4-14(13)19(23)24/h1-4,11-12,17H,5-10H2,(H,18,20)(H,21,22). The van der Waals surface area contributed by atoms with E-state index in [1.54, 1.807) is 18.2 Å². The number of carboxylic acid groups (broad SMARTS) is 1. The van der Waals surface area contributed by atoms with E-state index >= 15 is 0 Å². The molecule has 0 spiro atoms. The summed E-state index contributed by atoms with van der Waals surface area (Å²) >= 11 is 0. The first-order valence-electron chi connectivity index (χ1n) is 7.97. The van der Waals surface area contributed by atoms with Gasteiger partial charge >= 0.3 is 5.97 Å². The van der Waals surface area contributed by atoms with Gasteiger partial charge in [-0.3, -0.25) is 19.7 Å². The molecule has 2 rings (SSSR count). The van der Waals surface area contributed by atoms with Crippen molar-refractivity contribution in [3.8, 4) is 0 Å². The summed E-state index contributed by atoms with van der Waals surface area (Å²) in [5, 5.41) is 25.6. The lowest BCUT2D eigenvalue weighted by Crippen LogP contribution is -2.36. The first-order valence-corrected chi connectivity index (χ1v) is 7.97. The molecule has 8 heteroatoms. The molecule has 0 radical (unpaired) electrons. The molecule has 24 heavy (non-hydrogen) atoms. The van der Waals surface area contributed by atoms with Gasteiger partial charge in [-0.2, -0.15) is 0 Å². The maximum absolute atomic E-state index is 12.1. The summed E-state index contributed by atoms with van der Waals surface area (Å²) in [4.78, 5) is 33.4. The summed E-state index contributed by atoms with van der Waals surface area (Å²) in [7, 11) is 0. The zero-order valence-corrected chi connectivity index (χ0v) is 13.2. The maximum Gasteiger partial charge on any atom is 0.306 e. The first kappa shape index (κ1) is 17.7. The summed E-state index contributed by atoms with van der Waals surface area (Å²) in [5.41, 5.74) is 0.412. The smallest absolute Gasteiger partial charge is 0.306 e. The molecule has 0 unspecified atom stereocenters. The number of nitro groups is 1. The number of carbonyl (C=O) groups excluding carboxylic acids is 1. The van der Waals surface area contributed by atoms with Crippen LogP contribution in [0.15, 0.2) is 24.3 Å². The number of para-hydroxylation sites is 2. The highest BCUT2D eigenvalue weighted by atomic mass is 16.6. The monoisotopic (exact) mass is 335 g/mol. The Balaban J connectivity index is 1.72. The number of carbonyl (C=O) groups is 2. The van der Waals surface area contributed by atoms with Gasteiger partial charge in [0.05, 0.1) is 10.8 Å². The zero-order valence-electron chi connectivity index (χ0n) is 13.2.